The smallest absolute Gasteiger partial charge is 0.255 e. The number of nitrogens with zero attached hydrogens (tertiary/aromatic N) is 2. The summed E-state index contributed by atoms with van der Waals surface area (Å²) in [5.74, 6) is 0.414. The van der Waals surface area contributed by atoms with Crippen LogP contribution < -0.4 is 15.8 Å². The van der Waals surface area contributed by atoms with Gasteiger partial charge in [0.2, 0.25) is 0 Å². The molecule has 1 aliphatic rings. The van der Waals surface area contributed by atoms with E-state index in [1.165, 1.54) is 6.20 Å². The van der Waals surface area contributed by atoms with E-state index in [0.29, 0.717) is 35.9 Å². The zero-order valence-electron chi connectivity index (χ0n) is 15.3. The molecule has 2 aromatic rings. The summed E-state index contributed by atoms with van der Waals surface area (Å²) in [7, 11) is 1.68. The van der Waals surface area contributed by atoms with E-state index in [1.807, 2.05) is 19.1 Å². The fourth-order valence-corrected chi connectivity index (χ4v) is 3.20. The van der Waals surface area contributed by atoms with Crippen molar-refractivity contribution in [2.45, 2.75) is 13.3 Å². The van der Waals surface area contributed by atoms with Gasteiger partial charge in [-0.25, -0.2) is 0 Å². The maximum absolute atomic E-state index is 12.3. The molecule has 3 rings (SSSR count). The molecule has 1 aromatic carbocycles. The lowest BCUT2D eigenvalue weighted by atomic mass is 9.99. The molecular formula is C20H21ClN4O2. The van der Waals surface area contributed by atoms with Crippen LogP contribution in [-0.2, 0) is 6.42 Å². The molecule has 27 heavy (non-hydrogen) atoms. The molecule has 0 spiro atoms. The van der Waals surface area contributed by atoms with Crippen molar-refractivity contribution in [3.63, 3.8) is 0 Å². The minimum Gasteiger partial charge on any atom is -0.491 e. The highest BCUT2D eigenvalue weighted by Gasteiger charge is 2.22. The van der Waals surface area contributed by atoms with E-state index in [9.17, 15) is 4.79 Å². The number of pyridine rings is 1. The molecular weight excluding hydrogens is 364 g/mol. The Morgan fingerprint density at radius 2 is 2.30 bits per heavy atom. The molecule has 0 unspecified atom stereocenters. The van der Waals surface area contributed by atoms with Gasteiger partial charge in [0, 0.05) is 43.2 Å². The largest absolute Gasteiger partial charge is 0.491 e. The van der Waals surface area contributed by atoms with Crippen molar-refractivity contribution in [2.24, 2.45) is 10.7 Å². The number of fused-ring (bicyclic) bond motifs is 1. The van der Waals surface area contributed by atoms with Crippen LogP contribution >= 0.6 is 11.6 Å². The highest BCUT2D eigenvalue weighted by atomic mass is 35.5. The van der Waals surface area contributed by atoms with E-state index in [2.05, 4.69) is 15.3 Å². The molecule has 0 fully saturated rings. The van der Waals surface area contributed by atoms with Crippen molar-refractivity contribution < 1.29 is 9.53 Å². The van der Waals surface area contributed by atoms with Crippen LogP contribution in [0.2, 0.25) is 5.02 Å². The average molecular weight is 385 g/mol. The Hall–Kier alpha value is -2.86. The Bertz CT molecular complexity index is 921. The number of hydrogen-bond donors (Lipinski definition) is 2. The maximum atomic E-state index is 12.3. The summed E-state index contributed by atoms with van der Waals surface area (Å²) in [5, 5.41) is 3.43. The first-order valence-corrected chi connectivity index (χ1v) is 8.95. The summed E-state index contributed by atoms with van der Waals surface area (Å²) >= 11 is 6.55. The second-order valence-corrected chi connectivity index (χ2v) is 6.57. The molecule has 7 heteroatoms. The Labute approximate surface area is 163 Å². The lowest BCUT2D eigenvalue weighted by molar-refractivity contribution is 0.0957. The Morgan fingerprint density at radius 3 is 2.96 bits per heavy atom. The molecule has 0 saturated carbocycles. The highest BCUT2D eigenvalue weighted by molar-refractivity contribution is 6.32. The lowest BCUT2D eigenvalue weighted by Gasteiger charge is -2.15. The number of halogens is 1. The lowest BCUT2D eigenvalue weighted by Crippen LogP contribution is -2.24. The van der Waals surface area contributed by atoms with E-state index < -0.39 is 0 Å². The first-order valence-electron chi connectivity index (χ1n) is 8.57. The zero-order valence-corrected chi connectivity index (χ0v) is 16.0. The summed E-state index contributed by atoms with van der Waals surface area (Å²) in [5.41, 5.74) is 10.2. The maximum Gasteiger partial charge on any atom is 0.255 e. The third-order valence-corrected chi connectivity index (χ3v) is 4.88. The van der Waals surface area contributed by atoms with Crippen LogP contribution in [0.3, 0.4) is 0 Å². The fraction of sp³-hybridized carbons (Fsp3) is 0.250. The molecule has 0 radical (unpaired) electrons. The van der Waals surface area contributed by atoms with Crippen LogP contribution in [-0.4, -0.2) is 37.3 Å². The van der Waals surface area contributed by atoms with Gasteiger partial charge in [0.1, 0.15) is 12.4 Å². The van der Waals surface area contributed by atoms with Crippen molar-refractivity contribution in [2.75, 3.05) is 20.2 Å². The Kier molecular flexibility index (Phi) is 5.76. The zero-order chi connectivity index (χ0) is 19.4. The van der Waals surface area contributed by atoms with Gasteiger partial charge in [-0.1, -0.05) is 17.7 Å². The topological polar surface area (TPSA) is 89.6 Å². The van der Waals surface area contributed by atoms with Gasteiger partial charge >= 0.3 is 0 Å². The van der Waals surface area contributed by atoms with E-state index >= 15 is 0 Å². The summed E-state index contributed by atoms with van der Waals surface area (Å²) in [6.07, 6.45) is 5.46. The minimum absolute atomic E-state index is 0.145. The summed E-state index contributed by atoms with van der Waals surface area (Å²) in [6.45, 7) is 2.77. The van der Waals surface area contributed by atoms with Crippen molar-refractivity contribution in [3.8, 4) is 5.75 Å². The number of ether oxygens (including phenoxy) is 1. The number of benzene rings is 1. The van der Waals surface area contributed by atoms with Gasteiger partial charge in [-0.3, -0.25) is 14.8 Å². The molecule has 140 valence electrons. The number of nitrogens with one attached hydrogen (secondary N) is 1. The molecule has 3 N–H and O–H groups in total. The summed E-state index contributed by atoms with van der Waals surface area (Å²) in [4.78, 5) is 20.7. The van der Waals surface area contributed by atoms with Crippen LogP contribution in [0.25, 0.3) is 5.57 Å². The van der Waals surface area contributed by atoms with Crippen LogP contribution in [0, 0.1) is 6.92 Å². The van der Waals surface area contributed by atoms with Crippen molar-refractivity contribution >= 4 is 29.3 Å². The number of allylic oxidation sites excluding steroid dienone is 1. The van der Waals surface area contributed by atoms with Gasteiger partial charge in [-0.05, 0) is 30.2 Å². The number of carbonyl (C=O) groups is 1. The van der Waals surface area contributed by atoms with Crippen LogP contribution in [0.4, 0.5) is 0 Å². The van der Waals surface area contributed by atoms with Crippen molar-refractivity contribution in [1.82, 2.24) is 10.3 Å². The molecule has 0 bridgehead atoms. The molecule has 2 heterocycles. The predicted octanol–water partition coefficient (Wildman–Crippen LogP) is 2.76. The van der Waals surface area contributed by atoms with E-state index in [-0.39, 0.29) is 5.91 Å². The monoisotopic (exact) mass is 384 g/mol. The van der Waals surface area contributed by atoms with Crippen molar-refractivity contribution in [1.29, 1.82) is 0 Å². The van der Waals surface area contributed by atoms with Gasteiger partial charge in [0.15, 0.2) is 0 Å². The number of rotatable bonds is 4. The predicted molar refractivity (Wildman–Crippen MR) is 108 cm³/mol. The third kappa shape index (κ3) is 3.95. The molecule has 0 aliphatic carbocycles. The van der Waals surface area contributed by atoms with Crippen LogP contribution in [0.5, 0.6) is 5.75 Å². The van der Waals surface area contributed by atoms with Gasteiger partial charge in [0.25, 0.3) is 5.91 Å². The summed E-state index contributed by atoms with van der Waals surface area (Å²) in [6, 6.07) is 5.65. The minimum atomic E-state index is -0.145. The normalized spacial score (nSPS) is 14.5. The molecule has 0 atom stereocenters. The second-order valence-electron chi connectivity index (χ2n) is 6.19. The SMILES string of the molecule is CN=C/C(=C\N)c1ccc(Cc2cc3c(c(C)c2Cl)OCCNC3=O)cn1. The van der Waals surface area contributed by atoms with E-state index in [1.54, 1.807) is 25.5 Å². The molecule has 1 aromatic heterocycles. The molecule has 1 amide bonds. The quantitative estimate of drug-likeness (QED) is 0.793. The second kappa shape index (κ2) is 8.22. The number of aliphatic imine (C=N–C) groups is 1. The van der Waals surface area contributed by atoms with E-state index in [0.717, 1.165) is 28.0 Å². The van der Waals surface area contributed by atoms with Gasteiger partial charge in [-0.15, -0.1) is 0 Å². The standard InChI is InChI=1S/C20H21ClN4O2/c1-12-18(21)14(8-16-19(12)27-6-5-24-20(16)26)7-13-3-4-17(25-10-13)15(9-22)11-23-2/h3-4,8-11H,5-7,22H2,1-2H3,(H,24,26)/b15-9+,23-11?. The van der Waals surface area contributed by atoms with Crippen LogP contribution in [0.15, 0.2) is 35.6 Å². The third-order valence-electron chi connectivity index (χ3n) is 4.36. The number of hydrogen-bond acceptors (Lipinski definition) is 5. The van der Waals surface area contributed by atoms with Gasteiger partial charge in [0.05, 0.1) is 22.8 Å². The number of aromatic nitrogens is 1. The molecule has 0 saturated heterocycles. The van der Waals surface area contributed by atoms with Crippen LogP contribution in [0.1, 0.15) is 32.7 Å². The fourth-order valence-electron chi connectivity index (χ4n) is 3.00. The number of amides is 1. The first kappa shape index (κ1) is 18.9. The van der Waals surface area contributed by atoms with Crippen molar-refractivity contribution in [3.05, 3.63) is 63.6 Å². The Morgan fingerprint density at radius 1 is 1.48 bits per heavy atom. The number of nitrogens with two attached hydrogens (primary N) is 1. The van der Waals surface area contributed by atoms with Gasteiger partial charge in [-0.2, -0.15) is 0 Å². The number of carbonyl (C=O) groups excluding carboxylic acids is 1. The summed E-state index contributed by atoms with van der Waals surface area (Å²) < 4.78 is 5.70. The molecule has 6 nitrogen and oxygen atoms in total. The Balaban J connectivity index is 1.92. The average Bonchev–Trinajstić information content (AvgIpc) is 2.86. The molecule has 1 aliphatic heterocycles. The highest BCUT2D eigenvalue weighted by Crippen LogP contribution is 2.35. The van der Waals surface area contributed by atoms with E-state index in [4.69, 9.17) is 22.1 Å². The van der Waals surface area contributed by atoms with Gasteiger partial charge < -0.3 is 15.8 Å². The first-order chi connectivity index (χ1) is 13.0.